The third kappa shape index (κ3) is 2.52. The summed E-state index contributed by atoms with van der Waals surface area (Å²) in [7, 11) is 1.44. The highest BCUT2D eigenvalue weighted by Crippen LogP contribution is 2.34. The zero-order chi connectivity index (χ0) is 14.8. The summed E-state index contributed by atoms with van der Waals surface area (Å²) >= 11 is 0. The Morgan fingerprint density at radius 1 is 1.05 bits per heavy atom. The van der Waals surface area contributed by atoms with Crippen molar-refractivity contribution in [3.05, 3.63) is 60.2 Å². The maximum Gasteiger partial charge on any atom is 0.192 e. The van der Waals surface area contributed by atoms with E-state index in [1.807, 2.05) is 30.3 Å². The average Bonchev–Trinajstić information content (AvgIpc) is 2.90. The number of hydrogen-bond donors (Lipinski definition) is 0. The number of nitrogens with zero attached hydrogens (tertiary/aromatic N) is 1. The Hall–Kier alpha value is -2.62. The SMILES string of the molecule is COc1ccc(-c2oc(C)nc2-c2ccccc2)cc1F. The van der Waals surface area contributed by atoms with Gasteiger partial charge in [-0.2, -0.15) is 0 Å². The van der Waals surface area contributed by atoms with Crippen molar-refractivity contribution in [3.8, 4) is 28.3 Å². The van der Waals surface area contributed by atoms with Crippen LogP contribution >= 0.6 is 0 Å². The summed E-state index contributed by atoms with van der Waals surface area (Å²) in [4.78, 5) is 4.41. The fraction of sp³-hybridized carbons (Fsp3) is 0.118. The van der Waals surface area contributed by atoms with Gasteiger partial charge in [0.15, 0.2) is 23.2 Å². The van der Waals surface area contributed by atoms with E-state index in [2.05, 4.69) is 4.98 Å². The molecule has 0 spiro atoms. The highest BCUT2D eigenvalue weighted by atomic mass is 19.1. The summed E-state index contributed by atoms with van der Waals surface area (Å²) in [6, 6.07) is 14.4. The smallest absolute Gasteiger partial charge is 0.192 e. The molecule has 0 saturated carbocycles. The summed E-state index contributed by atoms with van der Waals surface area (Å²) in [5, 5.41) is 0. The van der Waals surface area contributed by atoms with Crippen molar-refractivity contribution in [1.29, 1.82) is 0 Å². The molecule has 4 heteroatoms. The Morgan fingerprint density at radius 2 is 1.81 bits per heavy atom. The molecule has 1 aromatic heterocycles. The van der Waals surface area contributed by atoms with E-state index in [4.69, 9.17) is 9.15 Å². The highest BCUT2D eigenvalue weighted by molar-refractivity contribution is 5.77. The van der Waals surface area contributed by atoms with Gasteiger partial charge in [-0.15, -0.1) is 0 Å². The average molecular weight is 283 g/mol. The summed E-state index contributed by atoms with van der Waals surface area (Å²) < 4.78 is 24.5. The van der Waals surface area contributed by atoms with Gasteiger partial charge in [0.2, 0.25) is 0 Å². The van der Waals surface area contributed by atoms with Crippen LogP contribution < -0.4 is 4.74 Å². The van der Waals surface area contributed by atoms with Crippen LogP contribution in [0.3, 0.4) is 0 Å². The molecule has 21 heavy (non-hydrogen) atoms. The summed E-state index contributed by atoms with van der Waals surface area (Å²) in [6.07, 6.45) is 0. The van der Waals surface area contributed by atoms with Gasteiger partial charge < -0.3 is 9.15 Å². The molecule has 3 aromatic rings. The first kappa shape index (κ1) is 13.4. The van der Waals surface area contributed by atoms with E-state index < -0.39 is 5.82 Å². The summed E-state index contributed by atoms with van der Waals surface area (Å²) in [5.41, 5.74) is 2.27. The van der Waals surface area contributed by atoms with Gasteiger partial charge in [-0.05, 0) is 18.2 Å². The molecule has 0 fully saturated rings. The first-order valence-electron chi connectivity index (χ1n) is 6.56. The van der Waals surface area contributed by atoms with Gasteiger partial charge in [0.25, 0.3) is 0 Å². The fourth-order valence-corrected chi connectivity index (χ4v) is 2.22. The van der Waals surface area contributed by atoms with E-state index in [1.165, 1.54) is 13.2 Å². The van der Waals surface area contributed by atoms with Crippen molar-refractivity contribution in [1.82, 2.24) is 4.98 Å². The van der Waals surface area contributed by atoms with Crippen molar-refractivity contribution < 1.29 is 13.5 Å². The number of ether oxygens (including phenoxy) is 1. The second kappa shape index (κ2) is 5.40. The Morgan fingerprint density at radius 3 is 2.48 bits per heavy atom. The number of methoxy groups -OCH3 is 1. The molecule has 0 N–H and O–H groups in total. The molecule has 0 amide bonds. The number of benzene rings is 2. The molecule has 3 rings (SSSR count). The molecule has 0 radical (unpaired) electrons. The molecule has 0 aliphatic heterocycles. The van der Waals surface area contributed by atoms with Crippen molar-refractivity contribution >= 4 is 0 Å². The minimum Gasteiger partial charge on any atom is -0.494 e. The van der Waals surface area contributed by atoms with Crippen LogP contribution in [0.5, 0.6) is 5.75 Å². The third-order valence-electron chi connectivity index (χ3n) is 3.20. The second-order valence-electron chi connectivity index (χ2n) is 4.63. The monoisotopic (exact) mass is 283 g/mol. The predicted molar refractivity (Wildman–Crippen MR) is 78.6 cm³/mol. The molecule has 2 aromatic carbocycles. The van der Waals surface area contributed by atoms with Crippen LogP contribution in [0.4, 0.5) is 4.39 Å². The van der Waals surface area contributed by atoms with Crippen LogP contribution in [0.25, 0.3) is 22.6 Å². The summed E-state index contributed by atoms with van der Waals surface area (Å²) in [6.45, 7) is 1.77. The van der Waals surface area contributed by atoms with Crippen LogP contribution in [0.15, 0.2) is 52.9 Å². The maximum absolute atomic E-state index is 13.9. The lowest BCUT2D eigenvalue weighted by Crippen LogP contribution is -1.89. The molecule has 0 unspecified atom stereocenters. The predicted octanol–water partition coefficient (Wildman–Crippen LogP) is 4.46. The van der Waals surface area contributed by atoms with E-state index in [9.17, 15) is 4.39 Å². The van der Waals surface area contributed by atoms with Crippen molar-refractivity contribution in [2.45, 2.75) is 6.92 Å². The maximum atomic E-state index is 13.9. The number of halogens is 1. The molecular formula is C17H14FNO2. The van der Waals surface area contributed by atoms with Gasteiger partial charge in [-0.25, -0.2) is 9.37 Å². The zero-order valence-corrected chi connectivity index (χ0v) is 11.8. The first-order valence-corrected chi connectivity index (χ1v) is 6.56. The first-order chi connectivity index (χ1) is 10.2. The third-order valence-corrected chi connectivity index (χ3v) is 3.20. The van der Waals surface area contributed by atoms with Crippen LogP contribution in [-0.2, 0) is 0 Å². The van der Waals surface area contributed by atoms with Crippen molar-refractivity contribution in [3.63, 3.8) is 0 Å². The molecular weight excluding hydrogens is 269 g/mol. The standard InChI is InChI=1S/C17H14FNO2/c1-11-19-16(12-6-4-3-5-7-12)17(21-11)13-8-9-15(20-2)14(18)10-13/h3-10H,1-2H3. The number of aromatic nitrogens is 1. The lowest BCUT2D eigenvalue weighted by molar-refractivity contribution is 0.386. The molecule has 0 saturated heterocycles. The minimum atomic E-state index is -0.428. The molecule has 0 aliphatic rings. The number of aryl methyl sites for hydroxylation is 1. The fourth-order valence-electron chi connectivity index (χ4n) is 2.22. The number of oxazole rings is 1. The largest absolute Gasteiger partial charge is 0.494 e. The van der Waals surface area contributed by atoms with E-state index in [1.54, 1.807) is 19.1 Å². The summed E-state index contributed by atoms with van der Waals surface area (Å²) in [5.74, 6) is 0.875. The van der Waals surface area contributed by atoms with Gasteiger partial charge >= 0.3 is 0 Å². The lowest BCUT2D eigenvalue weighted by Gasteiger charge is -2.05. The van der Waals surface area contributed by atoms with Gasteiger partial charge in [-0.1, -0.05) is 30.3 Å². The van der Waals surface area contributed by atoms with E-state index in [-0.39, 0.29) is 5.75 Å². The minimum absolute atomic E-state index is 0.205. The van der Waals surface area contributed by atoms with Gasteiger partial charge in [0.05, 0.1) is 7.11 Å². The molecule has 0 bridgehead atoms. The molecule has 3 nitrogen and oxygen atoms in total. The van der Waals surface area contributed by atoms with Crippen molar-refractivity contribution in [2.24, 2.45) is 0 Å². The van der Waals surface area contributed by atoms with Gasteiger partial charge in [-0.3, -0.25) is 0 Å². The van der Waals surface area contributed by atoms with E-state index >= 15 is 0 Å². The Kier molecular flexibility index (Phi) is 3.44. The van der Waals surface area contributed by atoms with Gasteiger partial charge in [0.1, 0.15) is 5.69 Å². The van der Waals surface area contributed by atoms with E-state index in [0.717, 1.165) is 5.56 Å². The van der Waals surface area contributed by atoms with Crippen LogP contribution in [0.1, 0.15) is 5.89 Å². The lowest BCUT2D eigenvalue weighted by atomic mass is 10.1. The van der Waals surface area contributed by atoms with Crippen LogP contribution in [0.2, 0.25) is 0 Å². The topological polar surface area (TPSA) is 35.3 Å². The second-order valence-corrected chi connectivity index (χ2v) is 4.63. The molecule has 1 heterocycles. The Balaban J connectivity index is 2.13. The quantitative estimate of drug-likeness (QED) is 0.711. The zero-order valence-electron chi connectivity index (χ0n) is 11.8. The van der Waals surface area contributed by atoms with Crippen LogP contribution in [0, 0.1) is 12.7 Å². The van der Waals surface area contributed by atoms with Gasteiger partial charge in [0, 0.05) is 18.1 Å². The van der Waals surface area contributed by atoms with E-state index in [0.29, 0.717) is 22.9 Å². The van der Waals surface area contributed by atoms with Crippen LogP contribution in [-0.4, -0.2) is 12.1 Å². The molecule has 106 valence electrons. The number of hydrogen-bond acceptors (Lipinski definition) is 3. The highest BCUT2D eigenvalue weighted by Gasteiger charge is 2.16. The Bertz CT molecular complexity index is 766. The normalized spacial score (nSPS) is 10.6. The Labute approximate surface area is 122 Å². The molecule has 0 aliphatic carbocycles. The number of rotatable bonds is 3. The molecule has 0 atom stereocenters. The van der Waals surface area contributed by atoms with Crippen molar-refractivity contribution in [2.75, 3.05) is 7.11 Å².